The van der Waals surface area contributed by atoms with Crippen LogP contribution < -0.4 is 0 Å². The summed E-state index contributed by atoms with van der Waals surface area (Å²) in [6, 6.07) is 3.53. The van der Waals surface area contributed by atoms with Gasteiger partial charge in [-0.3, -0.25) is 0 Å². The molecule has 2 rings (SSSR count). The van der Waals surface area contributed by atoms with Gasteiger partial charge in [-0.2, -0.15) is 0 Å². The lowest BCUT2D eigenvalue weighted by molar-refractivity contribution is 0.0602. The number of aryl methyl sites for hydroxylation is 2. The molecule has 0 saturated carbocycles. The molecule has 1 aromatic heterocycles. The average Bonchev–Trinajstić information content (AvgIpc) is 2.29. The number of ether oxygens (including phenoxy) is 1. The third-order valence-electron chi connectivity index (χ3n) is 2.55. The molecule has 2 aromatic rings. The quantitative estimate of drug-likeness (QED) is 0.759. The molecule has 0 unspecified atom stereocenters. The Kier molecular flexibility index (Phi) is 3.11. The van der Waals surface area contributed by atoms with Crippen LogP contribution in [0.5, 0.6) is 0 Å². The molecule has 4 nitrogen and oxygen atoms in total. The van der Waals surface area contributed by atoms with E-state index in [1.807, 2.05) is 19.9 Å². The Morgan fingerprint density at radius 3 is 2.53 bits per heavy atom. The van der Waals surface area contributed by atoms with Gasteiger partial charge in [-0.05, 0) is 26.0 Å². The largest absolute Gasteiger partial charge is 0.465 e. The number of hydrogen-bond acceptors (Lipinski definition) is 4. The van der Waals surface area contributed by atoms with Crippen molar-refractivity contribution in [3.8, 4) is 0 Å². The third kappa shape index (κ3) is 2.15. The van der Waals surface area contributed by atoms with Crippen LogP contribution in [0.4, 0.5) is 0 Å². The molecule has 0 fully saturated rings. The summed E-state index contributed by atoms with van der Waals surface area (Å²) in [4.78, 5) is 20.5. The molecule has 1 aromatic carbocycles. The van der Waals surface area contributed by atoms with Gasteiger partial charge in [0.1, 0.15) is 5.52 Å². The molecule has 0 saturated heterocycles. The first-order chi connectivity index (χ1) is 8.02. The van der Waals surface area contributed by atoms with Gasteiger partial charge in [-0.15, -0.1) is 0 Å². The molecule has 1 heterocycles. The second-order valence-corrected chi connectivity index (χ2v) is 4.62. The molecular formula is C12H11BrN2O2. The van der Waals surface area contributed by atoms with Crippen LogP contribution in [0.25, 0.3) is 11.0 Å². The molecule has 0 bridgehead atoms. The normalized spacial score (nSPS) is 10.6. The van der Waals surface area contributed by atoms with Crippen molar-refractivity contribution in [3.63, 3.8) is 0 Å². The van der Waals surface area contributed by atoms with Gasteiger partial charge in [0, 0.05) is 4.47 Å². The Balaban J connectivity index is 2.83. The van der Waals surface area contributed by atoms with E-state index in [2.05, 4.69) is 25.9 Å². The smallest absolute Gasteiger partial charge is 0.340 e. The van der Waals surface area contributed by atoms with Crippen molar-refractivity contribution in [3.05, 3.63) is 33.6 Å². The van der Waals surface area contributed by atoms with Gasteiger partial charge in [-0.25, -0.2) is 14.8 Å². The number of rotatable bonds is 1. The van der Waals surface area contributed by atoms with Crippen molar-refractivity contribution in [2.24, 2.45) is 0 Å². The van der Waals surface area contributed by atoms with E-state index in [0.717, 1.165) is 15.9 Å². The van der Waals surface area contributed by atoms with Gasteiger partial charge >= 0.3 is 5.97 Å². The van der Waals surface area contributed by atoms with Crippen molar-refractivity contribution in [1.29, 1.82) is 0 Å². The number of nitrogens with zero attached hydrogens (tertiary/aromatic N) is 2. The molecule has 0 amide bonds. The number of carbonyl (C=O) groups is 1. The van der Waals surface area contributed by atoms with Crippen LogP contribution in [0.15, 0.2) is 16.6 Å². The Morgan fingerprint density at radius 1 is 1.24 bits per heavy atom. The van der Waals surface area contributed by atoms with Crippen molar-refractivity contribution < 1.29 is 9.53 Å². The Labute approximate surface area is 107 Å². The van der Waals surface area contributed by atoms with E-state index < -0.39 is 5.97 Å². The zero-order valence-electron chi connectivity index (χ0n) is 9.74. The molecule has 0 aliphatic carbocycles. The molecule has 0 radical (unpaired) electrons. The Hall–Kier alpha value is -1.49. The molecule has 17 heavy (non-hydrogen) atoms. The van der Waals surface area contributed by atoms with E-state index in [0.29, 0.717) is 16.6 Å². The van der Waals surface area contributed by atoms with Crippen LogP contribution in [-0.4, -0.2) is 23.0 Å². The van der Waals surface area contributed by atoms with Gasteiger partial charge in [0.2, 0.25) is 0 Å². The number of methoxy groups -OCH3 is 1. The van der Waals surface area contributed by atoms with E-state index in [1.165, 1.54) is 7.11 Å². The highest BCUT2D eigenvalue weighted by Crippen LogP contribution is 2.23. The number of esters is 1. The summed E-state index contributed by atoms with van der Waals surface area (Å²) in [5.41, 5.74) is 3.34. The highest BCUT2D eigenvalue weighted by Gasteiger charge is 2.14. The first kappa shape index (κ1) is 12.0. The van der Waals surface area contributed by atoms with Crippen molar-refractivity contribution >= 4 is 32.9 Å². The lowest BCUT2D eigenvalue weighted by atomic mass is 10.1. The molecule has 0 spiro atoms. The minimum atomic E-state index is -0.408. The maximum Gasteiger partial charge on any atom is 0.340 e. The molecule has 0 N–H and O–H groups in total. The van der Waals surface area contributed by atoms with Crippen LogP contribution in [0.2, 0.25) is 0 Å². The maximum absolute atomic E-state index is 11.7. The summed E-state index contributed by atoms with van der Waals surface area (Å²) in [7, 11) is 1.35. The molecule has 5 heteroatoms. The van der Waals surface area contributed by atoms with E-state index in [4.69, 9.17) is 4.74 Å². The average molecular weight is 295 g/mol. The second-order valence-electron chi connectivity index (χ2n) is 3.71. The summed E-state index contributed by atoms with van der Waals surface area (Å²) in [5.74, 6) is -0.408. The van der Waals surface area contributed by atoms with Gasteiger partial charge in [-0.1, -0.05) is 15.9 Å². The highest BCUT2D eigenvalue weighted by atomic mass is 79.9. The fraction of sp³-hybridized carbons (Fsp3) is 0.250. The highest BCUT2D eigenvalue weighted by molar-refractivity contribution is 9.10. The summed E-state index contributed by atoms with van der Waals surface area (Å²) < 4.78 is 5.52. The lowest BCUT2D eigenvalue weighted by Gasteiger charge is -2.07. The third-order valence-corrected chi connectivity index (χ3v) is 3.01. The number of halogens is 1. The number of hydrogen-bond donors (Lipinski definition) is 0. The fourth-order valence-corrected chi connectivity index (χ4v) is 2.01. The molecule has 0 aliphatic heterocycles. The molecule has 0 atom stereocenters. The van der Waals surface area contributed by atoms with Gasteiger partial charge in [0.15, 0.2) is 0 Å². The number of carbonyl (C=O) groups excluding carboxylic acids is 1. The van der Waals surface area contributed by atoms with Crippen molar-refractivity contribution in [1.82, 2.24) is 9.97 Å². The van der Waals surface area contributed by atoms with E-state index in [9.17, 15) is 4.79 Å². The lowest BCUT2D eigenvalue weighted by Crippen LogP contribution is -2.05. The second kappa shape index (κ2) is 4.41. The summed E-state index contributed by atoms with van der Waals surface area (Å²) >= 11 is 3.35. The molecule has 88 valence electrons. The minimum Gasteiger partial charge on any atom is -0.465 e. The van der Waals surface area contributed by atoms with Crippen molar-refractivity contribution in [2.75, 3.05) is 7.11 Å². The van der Waals surface area contributed by atoms with E-state index in [-0.39, 0.29) is 0 Å². The van der Waals surface area contributed by atoms with Crippen LogP contribution in [-0.2, 0) is 4.74 Å². The van der Waals surface area contributed by atoms with E-state index in [1.54, 1.807) is 6.07 Å². The molecule has 0 aliphatic rings. The van der Waals surface area contributed by atoms with E-state index >= 15 is 0 Å². The maximum atomic E-state index is 11.7. The number of aromatic nitrogens is 2. The molecular weight excluding hydrogens is 284 g/mol. The zero-order chi connectivity index (χ0) is 12.6. The first-order valence-corrected chi connectivity index (χ1v) is 5.85. The predicted octanol–water partition coefficient (Wildman–Crippen LogP) is 2.80. The first-order valence-electron chi connectivity index (χ1n) is 5.05. The summed E-state index contributed by atoms with van der Waals surface area (Å²) in [6.45, 7) is 3.76. The van der Waals surface area contributed by atoms with Crippen LogP contribution in [0.1, 0.15) is 21.7 Å². The van der Waals surface area contributed by atoms with Crippen LogP contribution in [0, 0.1) is 13.8 Å². The SMILES string of the molecule is COC(=O)c1cc(Br)cc2nc(C)c(C)nc12. The summed E-state index contributed by atoms with van der Waals surface area (Å²) in [5, 5.41) is 0. The van der Waals surface area contributed by atoms with Crippen LogP contribution in [0.3, 0.4) is 0 Å². The van der Waals surface area contributed by atoms with Gasteiger partial charge in [0.25, 0.3) is 0 Å². The van der Waals surface area contributed by atoms with Gasteiger partial charge in [0.05, 0.1) is 29.6 Å². The minimum absolute atomic E-state index is 0.408. The zero-order valence-corrected chi connectivity index (χ0v) is 11.3. The Bertz CT molecular complexity index is 611. The number of fused-ring (bicyclic) bond motifs is 1. The fourth-order valence-electron chi connectivity index (χ4n) is 1.56. The van der Waals surface area contributed by atoms with Crippen LogP contribution >= 0.6 is 15.9 Å². The Morgan fingerprint density at radius 2 is 1.88 bits per heavy atom. The standard InChI is InChI=1S/C12H11BrN2O2/c1-6-7(2)15-11-9(12(16)17-3)4-8(13)5-10(11)14-6/h4-5H,1-3H3. The monoisotopic (exact) mass is 294 g/mol. The van der Waals surface area contributed by atoms with Gasteiger partial charge < -0.3 is 4.74 Å². The van der Waals surface area contributed by atoms with Crippen molar-refractivity contribution in [2.45, 2.75) is 13.8 Å². The summed E-state index contributed by atoms with van der Waals surface area (Å²) in [6.07, 6.45) is 0. The number of benzene rings is 1. The predicted molar refractivity (Wildman–Crippen MR) is 68.1 cm³/mol. The topological polar surface area (TPSA) is 52.1 Å².